The van der Waals surface area contributed by atoms with Crippen molar-refractivity contribution in [3.8, 4) is 0 Å². The van der Waals surface area contributed by atoms with E-state index in [9.17, 15) is 0 Å². The highest BCUT2D eigenvalue weighted by Gasteiger charge is 2.46. The van der Waals surface area contributed by atoms with E-state index in [0.29, 0.717) is 13.2 Å². The molecule has 3 nitrogen and oxygen atoms in total. The molecule has 78 valence electrons. The van der Waals surface area contributed by atoms with Crippen LogP contribution in [-0.4, -0.2) is 31.0 Å². The molecule has 0 bridgehead atoms. The Morgan fingerprint density at radius 2 is 2.43 bits per heavy atom. The molecule has 0 amide bonds. The van der Waals surface area contributed by atoms with Crippen LogP contribution < -0.4 is 5.73 Å². The zero-order chi connectivity index (χ0) is 10.2. The second-order valence-corrected chi connectivity index (χ2v) is 5.39. The van der Waals surface area contributed by atoms with Crippen LogP contribution in [0.2, 0.25) is 0 Å². The molecule has 2 heterocycles. The van der Waals surface area contributed by atoms with Crippen LogP contribution >= 0.6 is 27.3 Å². The third kappa shape index (κ3) is 1.53. The average molecular weight is 278 g/mol. The summed E-state index contributed by atoms with van der Waals surface area (Å²) in [4.78, 5) is 1.19. The monoisotopic (exact) mass is 277 g/mol. The summed E-state index contributed by atoms with van der Waals surface area (Å²) in [6.45, 7) is 1.22. The maximum atomic E-state index is 9.12. The minimum absolute atomic E-state index is 0.00111. The number of aliphatic hydroxyl groups excluding tert-OH is 1. The van der Waals surface area contributed by atoms with Crippen molar-refractivity contribution in [2.45, 2.75) is 11.5 Å². The number of halogens is 1. The van der Waals surface area contributed by atoms with E-state index >= 15 is 0 Å². The van der Waals surface area contributed by atoms with E-state index in [4.69, 9.17) is 15.6 Å². The highest BCUT2D eigenvalue weighted by atomic mass is 79.9. The minimum atomic E-state index is -0.234. The summed E-state index contributed by atoms with van der Waals surface area (Å²) >= 11 is 5.07. The Bertz CT molecular complexity index is 324. The third-order valence-corrected chi connectivity index (χ3v) is 4.59. The Balaban J connectivity index is 2.28. The molecule has 14 heavy (non-hydrogen) atoms. The molecule has 1 aromatic heterocycles. The van der Waals surface area contributed by atoms with Crippen LogP contribution in [0.5, 0.6) is 0 Å². The van der Waals surface area contributed by atoms with Gasteiger partial charge in [0.25, 0.3) is 0 Å². The Labute approximate surface area is 95.0 Å². The van der Waals surface area contributed by atoms with Crippen molar-refractivity contribution in [2.24, 2.45) is 5.73 Å². The molecular weight excluding hydrogens is 266 g/mol. The lowest BCUT2D eigenvalue weighted by Gasteiger charge is -2.44. The van der Waals surface area contributed by atoms with Gasteiger partial charge < -0.3 is 15.6 Å². The molecule has 1 aromatic rings. The van der Waals surface area contributed by atoms with Crippen LogP contribution in [0.1, 0.15) is 4.88 Å². The first-order valence-corrected chi connectivity index (χ1v) is 6.05. The van der Waals surface area contributed by atoms with E-state index in [0.717, 1.165) is 4.47 Å². The van der Waals surface area contributed by atoms with Gasteiger partial charge in [0.1, 0.15) is 0 Å². The van der Waals surface area contributed by atoms with E-state index in [-0.39, 0.29) is 18.1 Å². The van der Waals surface area contributed by atoms with Crippen molar-refractivity contribution in [1.82, 2.24) is 0 Å². The average Bonchev–Trinajstić information content (AvgIpc) is 2.50. The molecule has 2 rings (SSSR count). The van der Waals surface area contributed by atoms with E-state index in [1.807, 2.05) is 5.38 Å². The van der Waals surface area contributed by atoms with E-state index < -0.39 is 0 Å². The molecule has 5 heteroatoms. The van der Waals surface area contributed by atoms with E-state index in [2.05, 4.69) is 22.0 Å². The fourth-order valence-electron chi connectivity index (χ4n) is 1.61. The van der Waals surface area contributed by atoms with Crippen molar-refractivity contribution in [3.63, 3.8) is 0 Å². The van der Waals surface area contributed by atoms with Crippen molar-refractivity contribution in [1.29, 1.82) is 0 Å². The van der Waals surface area contributed by atoms with Gasteiger partial charge in [-0.3, -0.25) is 0 Å². The largest absolute Gasteiger partial charge is 0.395 e. The first-order chi connectivity index (χ1) is 6.69. The maximum absolute atomic E-state index is 9.12. The SMILES string of the molecule is NC(CO)C1(c2cc(Br)cs2)COC1. The van der Waals surface area contributed by atoms with Crippen molar-refractivity contribution < 1.29 is 9.84 Å². The predicted octanol–water partition coefficient (Wildman–Crippen LogP) is 1.10. The zero-order valence-corrected chi connectivity index (χ0v) is 9.97. The number of nitrogens with two attached hydrogens (primary N) is 1. The second kappa shape index (κ2) is 3.90. The van der Waals surface area contributed by atoms with Crippen LogP contribution in [0.25, 0.3) is 0 Å². The second-order valence-electron chi connectivity index (χ2n) is 3.57. The number of aliphatic hydroxyl groups is 1. The van der Waals surface area contributed by atoms with Crippen LogP contribution in [0, 0.1) is 0 Å². The molecule has 0 radical (unpaired) electrons. The molecule has 1 saturated heterocycles. The van der Waals surface area contributed by atoms with Gasteiger partial charge >= 0.3 is 0 Å². The van der Waals surface area contributed by atoms with Crippen LogP contribution in [0.15, 0.2) is 15.9 Å². The first kappa shape index (κ1) is 10.6. The summed E-state index contributed by atoms with van der Waals surface area (Å²) < 4.78 is 6.29. The van der Waals surface area contributed by atoms with Gasteiger partial charge in [0.2, 0.25) is 0 Å². The molecule has 0 aliphatic carbocycles. The normalized spacial score (nSPS) is 21.6. The van der Waals surface area contributed by atoms with Gasteiger partial charge in [-0.2, -0.15) is 0 Å². The summed E-state index contributed by atoms with van der Waals surface area (Å²) in [6, 6.07) is 1.82. The lowest BCUT2D eigenvalue weighted by molar-refractivity contribution is -0.0779. The summed E-state index contributed by atoms with van der Waals surface area (Å²) in [7, 11) is 0. The third-order valence-electron chi connectivity index (χ3n) is 2.68. The summed E-state index contributed by atoms with van der Waals surface area (Å²) in [5.74, 6) is 0. The van der Waals surface area contributed by atoms with Gasteiger partial charge in [0, 0.05) is 20.8 Å². The van der Waals surface area contributed by atoms with Crippen molar-refractivity contribution >= 4 is 27.3 Å². The first-order valence-electron chi connectivity index (χ1n) is 4.38. The highest BCUT2D eigenvalue weighted by molar-refractivity contribution is 9.10. The standard InChI is InChI=1S/C9H12BrNO2S/c10-6-1-8(14-3-6)9(4-13-5-9)7(11)2-12/h1,3,7,12H,2,4-5,11H2. The fourth-order valence-corrected chi connectivity index (χ4v) is 3.28. The number of thiophene rings is 1. The van der Waals surface area contributed by atoms with Gasteiger partial charge in [0.05, 0.1) is 25.2 Å². The summed E-state index contributed by atoms with van der Waals surface area (Å²) in [5.41, 5.74) is 5.75. The molecule has 1 fully saturated rings. The predicted molar refractivity (Wildman–Crippen MR) is 59.6 cm³/mol. The molecule has 0 aromatic carbocycles. The number of ether oxygens (including phenoxy) is 1. The molecule has 3 N–H and O–H groups in total. The number of hydrogen-bond acceptors (Lipinski definition) is 4. The van der Waals surface area contributed by atoms with Crippen LogP contribution in [0.3, 0.4) is 0 Å². The van der Waals surface area contributed by atoms with Crippen molar-refractivity contribution in [3.05, 3.63) is 20.8 Å². The number of rotatable bonds is 3. The summed E-state index contributed by atoms with van der Waals surface area (Å²) in [6.07, 6.45) is 0. The quantitative estimate of drug-likeness (QED) is 0.870. The fraction of sp³-hybridized carbons (Fsp3) is 0.556. The minimum Gasteiger partial charge on any atom is -0.395 e. The molecule has 1 aliphatic rings. The molecule has 1 unspecified atom stereocenters. The molecule has 1 atom stereocenters. The van der Waals surface area contributed by atoms with Gasteiger partial charge in [-0.15, -0.1) is 11.3 Å². The Kier molecular flexibility index (Phi) is 2.95. The van der Waals surface area contributed by atoms with E-state index in [1.54, 1.807) is 11.3 Å². The number of hydrogen-bond donors (Lipinski definition) is 2. The van der Waals surface area contributed by atoms with Gasteiger partial charge in [-0.1, -0.05) is 0 Å². The molecular formula is C9H12BrNO2S. The Morgan fingerprint density at radius 3 is 2.79 bits per heavy atom. The molecule has 1 aliphatic heterocycles. The van der Waals surface area contributed by atoms with Gasteiger partial charge in [-0.05, 0) is 22.0 Å². The van der Waals surface area contributed by atoms with Gasteiger partial charge in [0.15, 0.2) is 0 Å². The Morgan fingerprint density at radius 1 is 1.71 bits per heavy atom. The van der Waals surface area contributed by atoms with E-state index in [1.165, 1.54) is 4.88 Å². The maximum Gasteiger partial charge on any atom is 0.0687 e. The van der Waals surface area contributed by atoms with Crippen molar-refractivity contribution in [2.75, 3.05) is 19.8 Å². The van der Waals surface area contributed by atoms with Crippen LogP contribution in [-0.2, 0) is 10.2 Å². The Hall–Kier alpha value is 0.0600. The smallest absolute Gasteiger partial charge is 0.0687 e. The van der Waals surface area contributed by atoms with Gasteiger partial charge in [-0.25, -0.2) is 0 Å². The lowest BCUT2D eigenvalue weighted by Crippen LogP contribution is -2.59. The highest BCUT2D eigenvalue weighted by Crippen LogP contribution is 2.39. The topological polar surface area (TPSA) is 55.5 Å². The van der Waals surface area contributed by atoms with Crippen LogP contribution in [0.4, 0.5) is 0 Å². The molecule has 0 spiro atoms. The molecule has 0 saturated carbocycles. The lowest BCUT2D eigenvalue weighted by atomic mass is 9.77. The summed E-state index contributed by atoms with van der Waals surface area (Å²) in [5, 5.41) is 11.1. The zero-order valence-electron chi connectivity index (χ0n) is 7.57.